The van der Waals surface area contributed by atoms with Gasteiger partial charge in [0.1, 0.15) is 5.82 Å². The van der Waals surface area contributed by atoms with Crippen molar-refractivity contribution in [1.29, 1.82) is 0 Å². The van der Waals surface area contributed by atoms with E-state index in [4.69, 9.17) is 0 Å². The van der Waals surface area contributed by atoms with E-state index in [2.05, 4.69) is 40.4 Å². The Bertz CT molecular complexity index is 753. The second-order valence-electron chi connectivity index (χ2n) is 7.47. The number of amides is 2. The molecule has 3 rings (SSSR count). The van der Waals surface area contributed by atoms with Gasteiger partial charge >= 0.3 is 6.03 Å². The van der Waals surface area contributed by atoms with Gasteiger partial charge < -0.3 is 10.2 Å². The standard InChI is InChI=1S/C22H29FN4O/c1-16(17-10-12-19(23)13-11-17)24-22(28)27(2)14-6-9-20-15-21(26-25-20)18-7-4-3-5-8-18/h3-5,7-8,10-13,16,20-21,25-26H,6,9,14-15H2,1-2H3,(H,24,28). The second kappa shape index (κ2) is 9.66. The van der Waals surface area contributed by atoms with Crippen molar-refractivity contribution in [3.05, 3.63) is 71.5 Å². The van der Waals surface area contributed by atoms with Gasteiger partial charge in [0.2, 0.25) is 0 Å². The minimum Gasteiger partial charge on any atom is -0.331 e. The fourth-order valence-corrected chi connectivity index (χ4v) is 3.52. The van der Waals surface area contributed by atoms with Crippen molar-refractivity contribution < 1.29 is 9.18 Å². The van der Waals surface area contributed by atoms with Gasteiger partial charge in [-0.3, -0.25) is 10.9 Å². The van der Waals surface area contributed by atoms with Crippen molar-refractivity contribution >= 4 is 6.03 Å². The minimum atomic E-state index is -0.274. The summed E-state index contributed by atoms with van der Waals surface area (Å²) in [4.78, 5) is 14.1. The molecule has 3 atom stereocenters. The van der Waals surface area contributed by atoms with Crippen LogP contribution in [0.5, 0.6) is 0 Å². The second-order valence-corrected chi connectivity index (χ2v) is 7.47. The Labute approximate surface area is 166 Å². The Kier molecular flexibility index (Phi) is 7.01. The van der Waals surface area contributed by atoms with Crippen LogP contribution in [0.2, 0.25) is 0 Å². The molecule has 3 unspecified atom stereocenters. The Morgan fingerprint density at radius 3 is 2.61 bits per heavy atom. The number of benzene rings is 2. The van der Waals surface area contributed by atoms with Crippen LogP contribution < -0.4 is 16.2 Å². The number of hydrogen-bond donors (Lipinski definition) is 3. The minimum absolute atomic E-state index is 0.114. The zero-order valence-corrected chi connectivity index (χ0v) is 16.5. The number of carbonyl (C=O) groups is 1. The number of nitrogens with one attached hydrogen (secondary N) is 3. The Balaban J connectivity index is 1.37. The van der Waals surface area contributed by atoms with Crippen molar-refractivity contribution in [3.63, 3.8) is 0 Å². The summed E-state index contributed by atoms with van der Waals surface area (Å²) in [6.45, 7) is 2.59. The Morgan fingerprint density at radius 2 is 1.89 bits per heavy atom. The first kappa shape index (κ1) is 20.3. The van der Waals surface area contributed by atoms with Gasteiger partial charge in [0.15, 0.2) is 0 Å². The third-order valence-electron chi connectivity index (χ3n) is 5.29. The quantitative estimate of drug-likeness (QED) is 0.678. The zero-order chi connectivity index (χ0) is 19.9. The van der Waals surface area contributed by atoms with E-state index in [-0.39, 0.29) is 17.9 Å². The molecule has 0 radical (unpaired) electrons. The highest BCUT2D eigenvalue weighted by Gasteiger charge is 2.24. The smallest absolute Gasteiger partial charge is 0.317 e. The first-order chi connectivity index (χ1) is 13.5. The van der Waals surface area contributed by atoms with Crippen LogP contribution in [0, 0.1) is 5.82 Å². The monoisotopic (exact) mass is 384 g/mol. The van der Waals surface area contributed by atoms with E-state index in [1.165, 1.54) is 17.7 Å². The van der Waals surface area contributed by atoms with Gasteiger partial charge in [0, 0.05) is 25.7 Å². The molecular formula is C22H29FN4O. The normalized spacial score (nSPS) is 20.0. The van der Waals surface area contributed by atoms with Gasteiger partial charge in [-0.25, -0.2) is 9.18 Å². The van der Waals surface area contributed by atoms with E-state index in [1.807, 2.05) is 13.0 Å². The summed E-state index contributed by atoms with van der Waals surface area (Å²) in [6, 6.07) is 17.1. The molecule has 0 bridgehead atoms. The van der Waals surface area contributed by atoms with E-state index in [0.717, 1.165) is 24.8 Å². The molecule has 5 nitrogen and oxygen atoms in total. The van der Waals surface area contributed by atoms with E-state index < -0.39 is 0 Å². The predicted octanol–water partition coefficient (Wildman–Crippen LogP) is 3.92. The molecule has 0 spiro atoms. The van der Waals surface area contributed by atoms with Crippen LogP contribution in [0.15, 0.2) is 54.6 Å². The average Bonchev–Trinajstić information content (AvgIpc) is 3.18. The SMILES string of the molecule is CC(NC(=O)N(C)CCCC1CC(c2ccccc2)NN1)c1ccc(F)cc1. The summed E-state index contributed by atoms with van der Waals surface area (Å²) < 4.78 is 13.0. The maximum absolute atomic E-state index is 13.0. The van der Waals surface area contributed by atoms with Crippen molar-refractivity contribution in [2.24, 2.45) is 0 Å². The highest BCUT2D eigenvalue weighted by Crippen LogP contribution is 2.23. The largest absolute Gasteiger partial charge is 0.331 e. The third-order valence-corrected chi connectivity index (χ3v) is 5.29. The molecule has 0 aliphatic carbocycles. The van der Waals surface area contributed by atoms with Crippen LogP contribution in [-0.4, -0.2) is 30.6 Å². The Hall–Kier alpha value is -2.44. The van der Waals surface area contributed by atoms with Crippen molar-refractivity contribution in [3.8, 4) is 0 Å². The summed E-state index contributed by atoms with van der Waals surface area (Å²) in [5, 5.41) is 2.96. The number of hydrogen-bond acceptors (Lipinski definition) is 3. The summed E-state index contributed by atoms with van der Waals surface area (Å²) in [5.41, 5.74) is 8.91. The Morgan fingerprint density at radius 1 is 1.18 bits per heavy atom. The van der Waals surface area contributed by atoms with Gasteiger partial charge in [-0.15, -0.1) is 0 Å². The molecular weight excluding hydrogens is 355 g/mol. The number of rotatable bonds is 7. The highest BCUT2D eigenvalue weighted by atomic mass is 19.1. The number of hydrazine groups is 1. The highest BCUT2D eigenvalue weighted by molar-refractivity contribution is 5.74. The molecule has 1 aliphatic heterocycles. The van der Waals surface area contributed by atoms with Crippen molar-refractivity contribution in [2.45, 2.75) is 44.3 Å². The molecule has 150 valence electrons. The number of nitrogens with zero attached hydrogens (tertiary/aromatic N) is 1. The molecule has 0 saturated carbocycles. The molecule has 1 heterocycles. The lowest BCUT2D eigenvalue weighted by Gasteiger charge is -2.22. The van der Waals surface area contributed by atoms with Crippen molar-refractivity contribution in [1.82, 2.24) is 21.1 Å². The lowest BCUT2D eigenvalue weighted by Crippen LogP contribution is -2.39. The molecule has 3 N–H and O–H groups in total. The average molecular weight is 384 g/mol. The van der Waals surface area contributed by atoms with Crippen LogP contribution in [0.1, 0.15) is 49.4 Å². The third kappa shape index (κ3) is 5.53. The molecule has 2 aromatic carbocycles. The first-order valence-electron chi connectivity index (χ1n) is 9.86. The van der Waals surface area contributed by atoms with E-state index >= 15 is 0 Å². The maximum Gasteiger partial charge on any atom is 0.317 e. The maximum atomic E-state index is 13.0. The van der Waals surface area contributed by atoms with Crippen LogP contribution >= 0.6 is 0 Å². The van der Waals surface area contributed by atoms with Gasteiger partial charge in [-0.05, 0) is 49.4 Å². The molecule has 0 aromatic heterocycles. The van der Waals surface area contributed by atoms with E-state index in [0.29, 0.717) is 18.6 Å². The lowest BCUT2D eigenvalue weighted by atomic mass is 10.00. The lowest BCUT2D eigenvalue weighted by molar-refractivity contribution is 0.204. The summed E-state index contributed by atoms with van der Waals surface area (Å²) in [7, 11) is 1.81. The van der Waals surface area contributed by atoms with E-state index in [9.17, 15) is 9.18 Å². The fourth-order valence-electron chi connectivity index (χ4n) is 3.52. The molecule has 2 amide bonds. The molecule has 1 saturated heterocycles. The van der Waals surface area contributed by atoms with Crippen LogP contribution in [-0.2, 0) is 0 Å². The number of urea groups is 1. The van der Waals surface area contributed by atoms with E-state index in [1.54, 1.807) is 24.1 Å². The van der Waals surface area contributed by atoms with Gasteiger partial charge in [0.05, 0.1) is 6.04 Å². The predicted molar refractivity (Wildman–Crippen MR) is 109 cm³/mol. The topological polar surface area (TPSA) is 56.4 Å². The zero-order valence-electron chi connectivity index (χ0n) is 16.5. The number of halogens is 1. The van der Waals surface area contributed by atoms with Crippen molar-refractivity contribution in [2.75, 3.05) is 13.6 Å². The van der Waals surface area contributed by atoms with Crippen LogP contribution in [0.4, 0.5) is 9.18 Å². The molecule has 6 heteroatoms. The van der Waals surface area contributed by atoms with Crippen LogP contribution in [0.25, 0.3) is 0 Å². The van der Waals surface area contributed by atoms with Gasteiger partial charge in [-0.2, -0.15) is 0 Å². The fraction of sp³-hybridized carbons (Fsp3) is 0.409. The molecule has 1 fully saturated rings. The van der Waals surface area contributed by atoms with Gasteiger partial charge in [-0.1, -0.05) is 42.5 Å². The molecule has 28 heavy (non-hydrogen) atoms. The molecule has 1 aliphatic rings. The summed E-state index contributed by atoms with van der Waals surface area (Å²) in [5.74, 6) is -0.274. The molecule has 2 aromatic rings. The first-order valence-corrected chi connectivity index (χ1v) is 9.86. The summed E-state index contributed by atoms with van der Waals surface area (Å²) in [6.07, 6.45) is 2.97. The number of carbonyl (C=O) groups excluding carboxylic acids is 1. The summed E-state index contributed by atoms with van der Waals surface area (Å²) >= 11 is 0. The van der Waals surface area contributed by atoms with Crippen LogP contribution in [0.3, 0.4) is 0 Å². The van der Waals surface area contributed by atoms with Gasteiger partial charge in [0.25, 0.3) is 0 Å².